The van der Waals surface area contributed by atoms with E-state index in [1.165, 1.54) is 0 Å². The largest absolute Gasteiger partial charge is 0.393 e. The van der Waals surface area contributed by atoms with Crippen LogP contribution in [0.5, 0.6) is 0 Å². The Bertz CT molecular complexity index is 529. The third-order valence-corrected chi connectivity index (χ3v) is 4.44. The first kappa shape index (κ1) is 16.0. The van der Waals surface area contributed by atoms with Crippen molar-refractivity contribution in [3.05, 3.63) is 29.3 Å². The van der Waals surface area contributed by atoms with E-state index in [-0.39, 0.29) is 16.8 Å². The minimum atomic E-state index is -0.341. The molecule has 1 aromatic rings. The first-order valence-electron chi connectivity index (χ1n) is 7.12. The molecule has 6 heteroatoms. The van der Waals surface area contributed by atoms with E-state index >= 15 is 0 Å². The van der Waals surface area contributed by atoms with E-state index in [1.54, 1.807) is 0 Å². The van der Waals surface area contributed by atoms with E-state index in [9.17, 15) is 4.79 Å². The van der Waals surface area contributed by atoms with Gasteiger partial charge in [-0.1, -0.05) is 42.9 Å². The molecule has 0 spiro atoms. The molecule has 2 rings (SSSR count). The van der Waals surface area contributed by atoms with Gasteiger partial charge in [-0.25, -0.2) is 0 Å². The van der Waals surface area contributed by atoms with Gasteiger partial charge in [-0.3, -0.25) is 4.79 Å². The number of halogens is 1. The van der Waals surface area contributed by atoms with Crippen LogP contribution in [-0.2, 0) is 4.79 Å². The standard InChI is InChI=1S/C15H20ClN3OS/c1-2-11(14(17)21)15(20)19-9-7-18(8-10-19)13-6-4-3-5-12(13)16/h3-6,11H,2,7-10H2,1H3,(H2,17,21). The quantitative estimate of drug-likeness (QED) is 0.863. The first-order chi connectivity index (χ1) is 10.0. The molecule has 1 aliphatic heterocycles. The highest BCUT2D eigenvalue weighted by molar-refractivity contribution is 7.80. The van der Waals surface area contributed by atoms with Gasteiger partial charge in [-0.2, -0.15) is 0 Å². The van der Waals surface area contributed by atoms with Crippen molar-refractivity contribution in [2.24, 2.45) is 11.7 Å². The van der Waals surface area contributed by atoms with Gasteiger partial charge in [0.25, 0.3) is 0 Å². The van der Waals surface area contributed by atoms with E-state index in [4.69, 9.17) is 29.6 Å². The van der Waals surface area contributed by atoms with E-state index < -0.39 is 0 Å². The summed E-state index contributed by atoms with van der Waals surface area (Å²) in [5.41, 5.74) is 6.67. The van der Waals surface area contributed by atoms with Crippen molar-refractivity contribution < 1.29 is 4.79 Å². The summed E-state index contributed by atoms with van der Waals surface area (Å²) < 4.78 is 0. The molecule has 0 aliphatic carbocycles. The molecule has 1 unspecified atom stereocenters. The molecule has 1 saturated heterocycles. The van der Waals surface area contributed by atoms with Gasteiger partial charge in [0.2, 0.25) is 5.91 Å². The monoisotopic (exact) mass is 325 g/mol. The molecule has 0 saturated carbocycles. The Morgan fingerprint density at radius 1 is 1.33 bits per heavy atom. The lowest BCUT2D eigenvalue weighted by Gasteiger charge is -2.37. The maximum Gasteiger partial charge on any atom is 0.232 e. The summed E-state index contributed by atoms with van der Waals surface area (Å²) in [4.78, 5) is 16.7. The molecule has 4 nitrogen and oxygen atoms in total. The highest BCUT2D eigenvalue weighted by atomic mass is 35.5. The molecule has 1 atom stereocenters. The highest BCUT2D eigenvalue weighted by Crippen LogP contribution is 2.26. The number of carbonyl (C=O) groups excluding carboxylic acids is 1. The van der Waals surface area contributed by atoms with Crippen LogP contribution >= 0.6 is 23.8 Å². The summed E-state index contributed by atoms with van der Waals surface area (Å²) in [5, 5.41) is 0.742. The molecule has 2 N–H and O–H groups in total. The number of thiocarbonyl (C=S) groups is 1. The second kappa shape index (κ2) is 7.09. The highest BCUT2D eigenvalue weighted by Gasteiger charge is 2.28. The van der Waals surface area contributed by atoms with Crippen LogP contribution in [0.2, 0.25) is 5.02 Å². The lowest BCUT2D eigenvalue weighted by Crippen LogP contribution is -2.51. The zero-order chi connectivity index (χ0) is 15.4. The minimum absolute atomic E-state index is 0.0452. The molecule has 0 radical (unpaired) electrons. The van der Waals surface area contributed by atoms with Gasteiger partial charge in [0.15, 0.2) is 0 Å². The summed E-state index contributed by atoms with van der Waals surface area (Å²) in [7, 11) is 0. The Kier molecular flexibility index (Phi) is 5.42. The zero-order valence-corrected chi connectivity index (χ0v) is 13.7. The van der Waals surface area contributed by atoms with Gasteiger partial charge >= 0.3 is 0 Å². The Hall–Kier alpha value is -1.33. The number of nitrogens with two attached hydrogens (primary N) is 1. The van der Waals surface area contributed by atoms with Gasteiger partial charge in [-0.15, -0.1) is 0 Å². The van der Waals surface area contributed by atoms with Crippen molar-refractivity contribution in [3.8, 4) is 0 Å². The summed E-state index contributed by atoms with van der Waals surface area (Å²) in [5.74, 6) is -0.296. The van der Waals surface area contributed by atoms with Crippen LogP contribution in [0.25, 0.3) is 0 Å². The summed E-state index contributed by atoms with van der Waals surface area (Å²) >= 11 is 11.2. The molecular weight excluding hydrogens is 306 g/mol. The predicted molar refractivity (Wildman–Crippen MR) is 90.8 cm³/mol. The Morgan fingerprint density at radius 2 is 1.95 bits per heavy atom. The number of carbonyl (C=O) groups is 1. The van der Waals surface area contributed by atoms with E-state index in [0.717, 1.165) is 23.8 Å². The Morgan fingerprint density at radius 3 is 2.48 bits per heavy atom. The number of rotatable bonds is 4. The van der Waals surface area contributed by atoms with Gasteiger partial charge in [-0.05, 0) is 18.6 Å². The van der Waals surface area contributed by atoms with E-state index in [2.05, 4.69) is 4.90 Å². The molecule has 0 bridgehead atoms. The lowest BCUT2D eigenvalue weighted by molar-refractivity contribution is -0.133. The van der Waals surface area contributed by atoms with Crippen molar-refractivity contribution >= 4 is 40.4 Å². The fourth-order valence-corrected chi connectivity index (χ4v) is 3.12. The van der Waals surface area contributed by atoms with Crippen LogP contribution in [0.4, 0.5) is 5.69 Å². The fourth-order valence-electron chi connectivity index (χ4n) is 2.59. The molecule has 0 aromatic heterocycles. The molecule has 1 heterocycles. The third-order valence-electron chi connectivity index (χ3n) is 3.83. The van der Waals surface area contributed by atoms with Crippen molar-refractivity contribution in [2.75, 3.05) is 31.1 Å². The molecule has 21 heavy (non-hydrogen) atoms. The van der Waals surface area contributed by atoms with Gasteiger partial charge in [0.1, 0.15) is 0 Å². The number of hydrogen-bond acceptors (Lipinski definition) is 3. The minimum Gasteiger partial charge on any atom is -0.393 e. The van der Waals surface area contributed by atoms with Gasteiger partial charge in [0.05, 0.1) is 21.6 Å². The molecule has 1 aromatic carbocycles. The van der Waals surface area contributed by atoms with Crippen molar-refractivity contribution in [1.82, 2.24) is 4.90 Å². The maximum atomic E-state index is 12.4. The number of amides is 1. The summed E-state index contributed by atoms with van der Waals surface area (Å²) in [6, 6.07) is 7.77. The number of nitrogens with zero attached hydrogens (tertiary/aromatic N) is 2. The van der Waals surface area contributed by atoms with Gasteiger partial charge < -0.3 is 15.5 Å². The van der Waals surface area contributed by atoms with E-state index in [0.29, 0.717) is 19.5 Å². The van der Waals surface area contributed by atoms with Crippen LogP contribution in [0.3, 0.4) is 0 Å². The summed E-state index contributed by atoms with van der Waals surface area (Å²) in [6.07, 6.45) is 0.652. The predicted octanol–water partition coefficient (Wildman–Crippen LogP) is 2.30. The number of benzene rings is 1. The SMILES string of the molecule is CCC(C(=O)N1CCN(c2ccccc2Cl)CC1)C(N)=S. The Labute approximate surface area is 135 Å². The number of para-hydroxylation sites is 1. The van der Waals surface area contributed by atoms with Crippen molar-refractivity contribution in [1.29, 1.82) is 0 Å². The van der Waals surface area contributed by atoms with Crippen LogP contribution < -0.4 is 10.6 Å². The van der Waals surface area contributed by atoms with Crippen LogP contribution in [0.15, 0.2) is 24.3 Å². The van der Waals surface area contributed by atoms with Crippen molar-refractivity contribution in [2.45, 2.75) is 13.3 Å². The Balaban J connectivity index is 1.99. The average Bonchev–Trinajstić information content (AvgIpc) is 2.48. The molecule has 1 aliphatic rings. The topological polar surface area (TPSA) is 49.6 Å². The lowest BCUT2D eigenvalue weighted by atomic mass is 10.0. The number of hydrogen-bond donors (Lipinski definition) is 1. The van der Waals surface area contributed by atoms with Crippen molar-refractivity contribution in [3.63, 3.8) is 0 Å². The molecule has 1 fully saturated rings. The molecule has 1 amide bonds. The fraction of sp³-hybridized carbons (Fsp3) is 0.467. The average molecular weight is 326 g/mol. The normalized spacial score (nSPS) is 16.7. The second-order valence-corrected chi connectivity index (χ2v) is 6.01. The first-order valence-corrected chi connectivity index (χ1v) is 7.90. The second-order valence-electron chi connectivity index (χ2n) is 5.13. The van der Waals surface area contributed by atoms with Crippen LogP contribution in [0.1, 0.15) is 13.3 Å². The molecular formula is C15H20ClN3OS. The zero-order valence-electron chi connectivity index (χ0n) is 12.1. The maximum absolute atomic E-state index is 12.4. The number of piperazine rings is 1. The molecule has 114 valence electrons. The summed E-state index contributed by atoms with van der Waals surface area (Å²) in [6.45, 7) is 4.81. The smallest absolute Gasteiger partial charge is 0.232 e. The van der Waals surface area contributed by atoms with E-state index in [1.807, 2.05) is 36.1 Å². The van der Waals surface area contributed by atoms with Crippen LogP contribution in [-0.4, -0.2) is 42.0 Å². The van der Waals surface area contributed by atoms with Crippen LogP contribution in [0, 0.1) is 5.92 Å². The third kappa shape index (κ3) is 3.66. The number of anilines is 1. The van der Waals surface area contributed by atoms with Gasteiger partial charge in [0, 0.05) is 26.2 Å².